The molecule has 11 heteroatoms. The Balaban J connectivity index is -0.000000569. The number of carboxylic acids is 2. The third-order valence-corrected chi connectivity index (χ3v) is 4.78. The molecule has 4 unspecified atom stereocenters. The van der Waals surface area contributed by atoms with Gasteiger partial charge in [0.25, 0.3) is 0 Å². The van der Waals surface area contributed by atoms with Gasteiger partial charge < -0.3 is 51.3 Å². The van der Waals surface area contributed by atoms with Crippen molar-refractivity contribution in [2.75, 3.05) is 39.3 Å². The summed E-state index contributed by atoms with van der Waals surface area (Å²) >= 11 is 0. The van der Waals surface area contributed by atoms with Gasteiger partial charge in [-0.3, -0.25) is 0 Å². The fourth-order valence-electron chi connectivity index (χ4n) is 2.57. The number of carbonyl (C=O) groups is 2. The van der Waals surface area contributed by atoms with Crippen molar-refractivity contribution in [1.29, 1.82) is 0 Å². The molecule has 200 valence electrons. The fourth-order valence-corrected chi connectivity index (χ4v) is 2.57. The summed E-state index contributed by atoms with van der Waals surface area (Å²) < 4.78 is 0. The number of nitrogens with one attached hydrogen (secondary N) is 4. The monoisotopic (exact) mass is 526 g/mol. The zero-order chi connectivity index (χ0) is 26.2. The number of hydrogen-bond acceptors (Lipinski definition) is 10. The third kappa shape index (κ3) is 29.6. The summed E-state index contributed by atoms with van der Waals surface area (Å²) in [6.45, 7) is 10.4. The molecule has 0 aliphatic heterocycles. The molecule has 0 rings (SSSR count). The number of allylic oxidation sites excluding steroid dienone is 4. The molecule has 0 spiro atoms. The van der Waals surface area contributed by atoms with E-state index in [1.165, 1.54) is 0 Å². The van der Waals surface area contributed by atoms with Gasteiger partial charge in [-0.05, 0) is 53.4 Å². The number of hydrogen-bond donors (Lipinski definition) is 6. The molecule has 0 aromatic rings. The maximum atomic E-state index is 10.4. The van der Waals surface area contributed by atoms with Crippen molar-refractivity contribution in [3.8, 4) is 0 Å². The minimum absolute atomic E-state index is 0. The standard InChI is InChI=1S/2C12H24N2O3.Ca/c2*1-3-4-5-6-11(15)9-13-7-8-14-10(2)12(16)17;/h2*3-4,10-11,13-15H,5-9H2,1-2H3,(H,16,17);/q;;+2/p-2/b2*4-3+;. The van der Waals surface area contributed by atoms with Crippen LogP contribution in [0.15, 0.2) is 24.3 Å². The van der Waals surface area contributed by atoms with Crippen LogP contribution < -0.4 is 31.5 Å². The van der Waals surface area contributed by atoms with Gasteiger partial charge in [-0.15, -0.1) is 0 Å². The molecular weight excluding hydrogens is 480 g/mol. The number of aliphatic hydroxyl groups excluding tert-OH is 2. The molecular formula is C24H46CaN4O6. The van der Waals surface area contributed by atoms with Crippen molar-refractivity contribution >= 4 is 49.7 Å². The number of carboxylic acid groups (broad SMARTS) is 2. The largest absolute Gasteiger partial charge is 2.00 e. The normalized spacial score (nSPS) is 14.6. The van der Waals surface area contributed by atoms with Gasteiger partial charge >= 0.3 is 37.7 Å². The Morgan fingerprint density at radius 1 is 0.743 bits per heavy atom. The van der Waals surface area contributed by atoms with E-state index < -0.39 is 24.0 Å². The smallest absolute Gasteiger partial charge is 0.548 e. The molecule has 0 aliphatic carbocycles. The summed E-state index contributed by atoms with van der Waals surface area (Å²) in [4.78, 5) is 20.8. The minimum Gasteiger partial charge on any atom is -0.548 e. The molecule has 0 fully saturated rings. The second-order valence-electron chi connectivity index (χ2n) is 8.00. The molecule has 0 saturated heterocycles. The van der Waals surface area contributed by atoms with E-state index in [9.17, 15) is 30.0 Å². The Labute approximate surface area is 241 Å². The van der Waals surface area contributed by atoms with Crippen LogP contribution in [-0.2, 0) is 9.59 Å². The van der Waals surface area contributed by atoms with Crippen LogP contribution in [0.25, 0.3) is 0 Å². The Morgan fingerprint density at radius 2 is 1.09 bits per heavy atom. The van der Waals surface area contributed by atoms with Gasteiger partial charge in [0.05, 0.1) is 24.1 Å². The quantitative estimate of drug-likeness (QED) is 0.0574. The van der Waals surface area contributed by atoms with E-state index in [1.807, 2.05) is 38.2 Å². The maximum Gasteiger partial charge on any atom is 2.00 e. The molecule has 0 amide bonds. The molecule has 0 radical (unpaired) electrons. The number of carbonyl (C=O) groups excluding carboxylic acids is 2. The van der Waals surface area contributed by atoms with E-state index >= 15 is 0 Å². The van der Waals surface area contributed by atoms with Crippen molar-refractivity contribution in [2.24, 2.45) is 0 Å². The van der Waals surface area contributed by atoms with Crippen LogP contribution in [-0.4, -0.2) is 123 Å². The summed E-state index contributed by atoms with van der Waals surface area (Å²) in [6.07, 6.45) is 10.5. The topological polar surface area (TPSA) is 169 Å². The first-order valence-corrected chi connectivity index (χ1v) is 12.0. The first-order valence-electron chi connectivity index (χ1n) is 12.0. The Bertz CT molecular complexity index is 518. The number of aliphatic hydroxyl groups is 2. The Hall–Kier alpha value is -0.560. The van der Waals surface area contributed by atoms with Crippen LogP contribution in [0.2, 0.25) is 0 Å². The molecule has 0 aromatic heterocycles. The SMILES string of the molecule is C/C=C/CCC(O)CNCCNC(C)C(=O)[O-].C/C=C/CCC(O)CNCCNC(C)C(=O)[O-].[Ca+2]. The molecule has 0 heterocycles. The van der Waals surface area contributed by atoms with E-state index in [4.69, 9.17) is 0 Å². The summed E-state index contributed by atoms with van der Waals surface area (Å²) in [5, 5.41) is 51.6. The zero-order valence-corrected chi connectivity index (χ0v) is 24.1. The molecule has 10 nitrogen and oxygen atoms in total. The van der Waals surface area contributed by atoms with Gasteiger partial charge in [-0.1, -0.05) is 24.3 Å². The van der Waals surface area contributed by atoms with Gasteiger partial charge in [0.2, 0.25) is 0 Å². The van der Waals surface area contributed by atoms with Crippen molar-refractivity contribution in [1.82, 2.24) is 21.3 Å². The molecule has 0 bridgehead atoms. The Morgan fingerprint density at radius 3 is 1.37 bits per heavy atom. The predicted molar refractivity (Wildman–Crippen MR) is 137 cm³/mol. The number of rotatable bonds is 20. The maximum absolute atomic E-state index is 10.4. The van der Waals surface area contributed by atoms with E-state index in [1.54, 1.807) is 13.8 Å². The van der Waals surface area contributed by atoms with Crippen molar-refractivity contribution in [3.05, 3.63) is 24.3 Å². The van der Waals surface area contributed by atoms with Gasteiger partial charge in [0.1, 0.15) is 0 Å². The van der Waals surface area contributed by atoms with Crippen LogP contribution in [0, 0.1) is 0 Å². The average molecular weight is 527 g/mol. The first-order chi connectivity index (χ1) is 16.1. The van der Waals surface area contributed by atoms with Gasteiger partial charge in [-0.25, -0.2) is 0 Å². The predicted octanol–water partition coefficient (Wildman–Crippen LogP) is -2.34. The van der Waals surface area contributed by atoms with Crippen LogP contribution in [0.1, 0.15) is 53.4 Å². The van der Waals surface area contributed by atoms with E-state index in [2.05, 4.69) is 21.3 Å². The van der Waals surface area contributed by atoms with Crippen molar-refractivity contribution < 1.29 is 30.0 Å². The van der Waals surface area contributed by atoms with Crippen molar-refractivity contribution in [2.45, 2.75) is 77.7 Å². The summed E-state index contributed by atoms with van der Waals surface area (Å²) in [5.41, 5.74) is 0. The molecule has 6 N–H and O–H groups in total. The molecule has 0 aromatic carbocycles. The summed E-state index contributed by atoms with van der Waals surface area (Å²) in [6, 6.07) is -1.28. The second kappa shape index (κ2) is 28.0. The minimum atomic E-state index is -1.10. The van der Waals surface area contributed by atoms with E-state index in [-0.39, 0.29) is 49.9 Å². The van der Waals surface area contributed by atoms with E-state index in [0.717, 1.165) is 25.7 Å². The van der Waals surface area contributed by atoms with Gasteiger partial charge in [-0.2, -0.15) is 0 Å². The van der Waals surface area contributed by atoms with Crippen LogP contribution in [0.5, 0.6) is 0 Å². The summed E-state index contributed by atoms with van der Waals surface area (Å²) in [5.74, 6) is -2.20. The molecule has 4 atom stereocenters. The fraction of sp³-hybridized carbons (Fsp3) is 0.750. The van der Waals surface area contributed by atoms with Crippen LogP contribution in [0.3, 0.4) is 0 Å². The molecule has 35 heavy (non-hydrogen) atoms. The average Bonchev–Trinajstić information content (AvgIpc) is 2.79. The van der Waals surface area contributed by atoms with E-state index in [0.29, 0.717) is 39.3 Å². The van der Waals surface area contributed by atoms with Crippen LogP contribution >= 0.6 is 0 Å². The first kappa shape index (κ1) is 39.0. The number of aliphatic carboxylic acids is 2. The summed E-state index contributed by atoms with van der Waals surface area (Å²) in [7, 11) is 0. The molecule has 0 saturated carbocycles. The second-order valence-corrected chi connectivity index (χ2v) is 8.00. The van der Waals surface area contributed by atoms with Gasteiger partial charge in [0, 0.05) is 51.4 Å². The Kier molecular flexibility index (Phi) is 31.2. The van der Waals surface area contributed by atoms with Crippen LogP contribution in [0.4, 0.5) is 0 Å². The third-order valence-electron chi connectivity index (χ3n) is 4.78. The van der Waals surface area contributed by atoms with Crippen molar-refractivity contribution in [3.63, 3.8) is 0 Å². The molecule has 0 aliphatic rings. The zero-order valence-electron chi connectivity index (χ0n) is 21.9. The van der Waals surface area contributed by atoms with Gasteiger partial charge in [0.15, 0.2) is 0 Å².